The maximum Gasteiger partial charge on any atom is 0.409 e. The highest BCUT2D eigenvalue weighted by molar-refractivity contribution is 5.67. The molecule has 2 rings (SSSR count). The molecule has 1 aliphatic heterocycles. The number of hydrogen-bond acceptors (Lipinski definition) is 4. The van der Waals surface area contributed by atoms with Crippen molar-refractivity contribution >= 4 is 6.09 Å². The van der Waals surface area contributed by atoms with Gasteiger partial charge in [-0.2, -0.15) is 0 Å². The van der Waals surface area contributed by atoms with Gasteiger partial charge in [-0.3, -0.25) is 4.98 Å². The molecule has 1 atom stereocenters. The lowest BCUT2D eigenvalue weighted by Gasteiger charge is -2.32. The van der Waals surface area contributed by atoms with Crippen LogP contribution in [0, 0.1) is 0 Å². The number of carbonyl (C=O) groups excluding carboxylic acids is 1. The Labute approximate surface area is 107 Å². The van der Waals surface area contributed by atoms with Crippen molar-refractivity contribution in [3.63, 3.8) is 0 Å². The van der Waals surface area contributed by atoms with Gasteiger partial charge in [0.1, 0.15) is 11.9 Å². The molecule has 0 spiro atoms. The number of likely N-dealkylation sites (tertiary alicyclic amines) is 1. The van der Waals surface area contributed by atoms with E-state index in [4.69, 9.17) is 9.47 Å². The average Bonchev–Trinajstić information content (AvgIpc) is 2.40. The topological polar surface area (TPSA) is 51.7 Å². The van der Waals surface area contributed by atoms with Crippen LogP contribution in [0.4, 0.5) is 4.79 Å². The summed E-state index contributed by atoms with van der Waals surface area (Å²) in [6.07, 6.45) is 5.07. The molecular formula is C13H18N2O3. The molecule has 1 aromatic heterocycles. The molecule has 0 saturated carbocycles. The van der Waals surface area contributed by atoms with E-state index in [0.717, 1.165) is 25.1 Å². The molecule has 1 saturated heterocycles. The molecule has 1 aliphatic rings. The van der Waals surface area contributed by atoms with Crippen molar-refractivity contribution in [2.75, 3.05) is 19.7 Å². The third-order valence-corrected chi connectivity index (χ3v) is 2.86. The largest absolute Gasteiger partial charge is 0.488 e. The van der Waals surface area contributed by atoms with Crippen LogP contribution in [0.15, 0.2) is 24.5 Å². The number of nitrogens with zero attached hydrogens (tertiary/aromatic N) is 2. The zero-order chi connectivity index (χ0) is 12.8. The minimum Gasteiger partial charge on any atom is -0.488 e. The first kappa shape index (κ1) is 12.7. The molecule has 0 aromatic carbocycles. The highest BCUT2D eigenvalue weighted by atomic mass is 16.6. The first-order valence-corrected chi connectivity index (χ1v) is 6.28. The molecule has 18 heavy (non-hydrogen) atoms. The van der Waals surface area contributed by atoms with Gasteiger partial charge in [0.25, 0.3) is 0 Å². The van der Waals surface area contributed by atoms with Crippen molar-refractivity contribution in [1.29, 1.82) is 0 Å². The number of rotatable bonds is 3. The maximum absolute atomic E-state index is 11.6. The fraction of sp³-hybridized carbons (Fsp3) is 0.538. The average molecular weight is 250 g/mol. The lowest BCUT2D eigenvalue weighted by Crippen LogP contribution is -2.44. The Morgan fingerprint density at radius 1 is 1.50 bits per heavy atom. The van der Waals surface area contributed by atoms with E-state index in [0.29, 0.717) is 13.2 Å². The van der Waals surface area contributed by atoms with Crippen LogP contribution < -0.4 is 4.74 Å². The van der Waals surface area contributed by atoms with Gasteiger partial charge in [0.2, 0.25) is 0 Å². The van der Waals surface area contributed by atoms with E-state index in [1.807, 2.05) is 19.1 Å². The summed E-state index contributed by atoms with van der Waals surface area (Å²) in [4.78, 5) is 17.3. The third-order valence-electron chi connectivity index (χ3n) is 2.86. The second kappa shape index (κ2) is 6.23. The van der Waals surface area contributed by atoms with E-state index in [1.165, 1.54) is 0 Å². The van der Waals surface area contributed by atoms with Crippen LogP contribution in [0.2, 0.25) is 0 Å². The maximum atomic E-state index is 11.6. The number of hydrogen-bond donors (Lipinski definition) is 0. The molecule has 2 heterocycles. The Morgan fingerprint density at radius 3 is 3.00 bits per heavy atom. The smallest absolute Gasteiger partial charge is 0.409 e. The Balaban J connectivity index is 1.89. The van der Waals surface area contributed by atoms with E-state index in [1.54, 1.807) is 17.3 Å². The summed E-state index contributed by atoms with van der Waals surface area (Å²) in [6.45, 7) is 3.55. The molecule has 0 aliphatic carbocycles. The summed E-state index contributed by atoms with van der Waals surface area (Å²) in [5, 5.41) is 0. The minimum absolute atomic E-state index is 0.0329. The quantitative estimate of drug-likeness (QED) is 0.824. The van der Waals surface area contributed by atoms with Gasteiger partial charge in [0.05, 0.1) is 13.2 Å². The molecule has 1 aromatic rings. The van der Waals surface area contributed by atoms with Crippen LogP contribution in [0.5, 0.6) is 5.75 Å². The van der Waals surface area contributed by atoms with E-state index < -0.39 is 0 Å². The second-order valence-electron chi connectivity index (χ2n) is 4.21. The number of pyridine rings is 1. The van der Waals surface area contributed by atoms with Crippen molar-refractivity contribution in [2.45, 2.75) is 25.9 Å². The summed E-state index contributed by atoms with van der Waals surface area (Å²) < 4.78 is 10.8. The number of piperidine rings is 1. The molecule has 0 N–H and O–H groups in total. The molecule has 1 fully saturated rings. The SMILES string of the molecule is CCOC(=O)N1CCC[C@H](Oc2ccncc2)C1. The third kappa shape index (κ3) is 3.35. The first-order valence-electron chi connectivity index (χ1n) is 6.28. The first-order chi connectivity index (χ1) is 8.79. The van der Waals surface area contributed by atoms with Gasteiger partial charge in [-0.15, -0.1) is 0 Å². The highest BCUT2D eigenvalue weighted by Crippen LogP contribution is 2.18. The van der Waals surface area contributed by atoms with Crippen LogP contribution >= 0.6 is 0 Å². The van der Waals surface area contributed by atoms with E-state index in [-0.39, 0.29) is 12.2 Å². The molecule has 1 amide bonds. The fourth-order valence-corrected chi connectivity index (χ4v) is 2.02. The van der Waals surface area contributed by atoms with Crippen LogP contribution in [0.3, 0.4) is 0 Å². The zero-order valence-corrected chi connectivity index (χ0v) is 10.5. The van der Waals surface area contributed by atoms with Gasteiger partial charge in [-0.05, 0) is 31.9 Å². The normalized spacial score (nSPS) is 19.4. The molecule has 98 valence electrons. The standard InChI is InChI=1S/C13H18N2O3/c1-2-17-13(16)15-9-3-4-12(10-15)18-11-5-7-14-8-6-11/h5-8,12H,2-4,9-10H2,1H3/t12-/m0/s1. The second-order valence-corrected chi connectivity index (χ2v) is 4.21. The van der Waals surface area contributed by atoms with Gasteiger partial charge < -0.3 is 14.4 Å². The van der Waals surface area contributed by atoms with Gasteiger partial charge in [-0.25, -0.2) is 4.79 Å². The van der Waals surface area contributed by atoms with Crippen LogP contribution in [0.1, 0.15) is 19.8 Å². The zero-order valence-electron chi connectivity index (χ0n) is 10.5. The lowest BCUT2D eigenvalue weighted by atomic mass is 10.1. The lowest BCUT2D eigenvalue weighted by molar-refractivity contribution is 0.0611. The molecule has 0 radical (unpaired) electrons. The minimum atomic E-state index is -0.250. The number of aromatic nitrogens is 1. The summed E-state index contributed by atoms with van der Waals surface area (Å²) in [5.41, 5.74) is 0. The summed E-state index contributed by atoms with van der Waals surface area (Å²) in [6, 6.07) is 3.65. The fourth-order valence-electron chi connectivity index (χ4n) is 2.02. The summed E-state index contributed by atoms with van der Waals surface area (Å²) >= 11 is 0. The van der Waals surface area contributed by atoms with Crippen molar-refractivity contribution < 1.29 is 14.3 Å². The van der Waals surface area contributed by atoms with Crippen LogP contribution in [0.25, 0.3) is 0 Å². The van der Waals surface area contributed by atoms with Crippen molar-refractivity contribution in [1.82, 2.24) is 9.88 Å². The predicted octanol–water partition coefficient (Wildman–Crippen LogP) is 2.08. The Bertz CT molecular complexity index is 383. The van der Waals surface area contributed by atoms with Gasteiger partial charge in [0.15, 0.2) is 0 Å². The van der Waals surface area contributed by atoms with Gasteiger partial charge >= 0.3 is 6.09 Å². The Kier molecular flexibility index (Phi) is 4.39. The van der Waals surface area contributed by atoms with E-state index in [2.05, 4.69) is 4.98 Å². The van der Waals surface area contributed by atoms with E-state index in [9.17, 15) is 4.79 Å². The molecule has 0 bridgehead atoms. The Hall–Kier alpha value is -1.78. The van der Waals surface area contributed by atoms with E-state index >= 15 is 0 Å². The molecule has 5 heteroatoms. The Morgan fingerprint density at radius 2 is 2.28 bits per heavy atom. The number of carbonyl (C=O) groups is 1. The van der Waals surface area contributed by atoms with Crippen molar-refractivity contribution in [2.24, 2.45) is 0 Å². The van der Waals surface area contributed by atoms with Gasteiger partial charge in [0, 0.05) is 18.9 Å². The van der Waals surface area contributed by atoms with Crippen LogP contribution in [-0.2, 0) is 4.74 Å². The molecule has 0 unspecified atom stereocenters. The molecule has 5 nitrogen and oxygen atoms in total. The van der Waals surface area contributed by atoms with Crippen LogP contribution in [-0.4, -0.2) is 41.8 Å². The number of amides is 1. The number of ether oxygens (including phenoxy) is 2. The highest BCUT2D eigenvalue weighted by Gasteiger charge is 2.25. The summed E-state index contributed by atoms with van der Waals surface area (Å²) in [5.74, 6) is 0.792. The molecular weight excluding hydrogens is 232 g/mol. The predicted molar refractivity (Wildman–Crippen MR) is 66.5 cm³/mol. The monoisotopic (exact) mass is 250 g/mol. The van der Waals surface area contributed by atoms with Gasteiger partial charge in [-0.1, -0.05) is 0 Å². The summed E-state index contributed by atoms with van der Waals surface area (Å²) in [7, 11) is 0. The van der Waals surface area contributed by atoms with Crippen molar-refractivity contribution in [3.8, 4) is 5.75 Å². The van der Waals surface area contributed by atoms with Crippen molar-refractivity contribution in [3.05, 3.63) is 24.5 Å².